The minimum absolute atomic E-state index is 0.636. The molecule has 0 aromatic carbocycles. The third kappa shape index (κ3) is 3.92. The molecule has 2 aromatic rings. The van der Waals surface area contributed by atoms with Crippen molar-refractivity contribution in [2.24, 2.45) is 5.92 Å². The van der Waals surface area contributed by atoms with Gasteiger partial charge in [-0.3, -0.25) is 0 Å². The van der Waals surface area contributed by atoms with Crippen LogP contribution >= 0.6 is 0 Å². The fourth-order valence-electron chi connectivity index (χ4n) is 1.95. The number of furan rings is 1. The molecule has 0 atom stereocenters. The van der Waals surface area contributed by atoms with Gasteiger partial charge in [-0.15, -0.1) is 0 Å². The summed E-state index contributed by atoms with van der Waals surface area (Å²) in [6.07, 6.45) is 0. The van der Waals surface area contributed by atoms with Gasteiger partial charge in [0.2, 0.25) is 0 Å². The van der Waals surface area contributed by atoms with E-state index in [9.17, 15) is 0 Å². The van der Waals surface area contributed by atoms with Crippen LogP contribution < -0.4 is 5.32 Å². The number of aromatic nitrogens is 3. The van der Waals surface area contributed by atoms with Crippen molar-refractivity contribution in [1.29, 1.82) is 0 Å². The van der Waals surface area contributed by atoms with Gasteiger partial charge in [-0.05, 0) is 38.4 Å². The Balaban J connectivity index is 1.92. The van der Waals surface area contributed by atoms with Crippen LogP contribution in [0.25, 0.3) is 0 Å². The minimum Gasteiger partial charge on any atom is -0.463 e. The van der Waals surface area contributed by atoms with Crippen LogP contribution in [0.5, 0.6) is 0 Å². The lowest BCUT2D eigenvalue weighted by molar-refractivity contribution is 0.420. The van der Waals surface area contributed by atoms with Gasteiger partial charge in [0, 0.05) is 0 Å². The van der Waals surface area contributed by atoms with E-state index >= 15 is 0 Å². The molecule has 5 heteroatoms. The second-order valence-electron chi connectivity index (χ2n) is 5.26. The van der Waals surface area contributed by atoms with Crippen LogP contribution in [0.15, 0.2) is 16.5 Å². The molecular formula is C14H22N4O. The number of hydrogen-bond acceptors (Lipinski definition) is 4. The summed E-state index contributed by atoms with van der Waals surface area (Å²) < 4.78 is 7.64. The van der Waals surface area contributed by atoms with Crippen LogP contribution in [0.1, 0.15) is 37.0 Å². The van der Waals surface area contributed by atoms with Crippen LogP contribution in [0.4, 0.5) is 0 Å². The number of aryl methyl sites for hydroxylation is 2. The molecule has 2 heterocycles. The van der Waals surface area contributed by atoms with Gasteiger partial charge < -0.3 is 9.73 Å². The van der Waals surface area contributed by atoms with Crippen LogP contribution in [0, 0.1) is 19.8 Å². The van der Waals surface area contributed by atoms with Gasteiger partial charge in [-0.2, -0.15) is 5.10 Å². The summed E-state index contributed by atoms with van der Waals surface area (Å²) in [6.45, 7) is 10.6. The van der Waals surface area contributed by atoms with E-state index in [2.05, 4.69) is 29.2 Å². The molecule has 1 N–H and O–H groups in total. The van der Waals surface area contributed by atoms with Crippen LogP contribution in [0.2, 0.25) is 0 Å². The fraction of sp³-hybridized carbons (Fsp3) is 0.571. The first-order valence-corrected chi connectivity index (χ1v) is 6.71. The summed E-state index contributed by atoms with van der Waals surface area (Å²) in [5.74, 6) is 4.23. The minimum atomic E-state index is 0.636. The van der Waals surface area contributed by atoms with Crippen molar-refractivity contribution in [3.63, 3.8) is 0 Å². The monoisotopic (exact) mass is 262 g/mol. The average Bonchev–Trinajstić information content (AvgIpc) is 2.87. The highest BCUT2D eigenvalue weighted by atomic mass is 16.3. The summed E-state index contributed by atoms with van der Waals surface area (Å²) in [7, 11) is 0. The Bertz CT molecular complexity index is 527. The van der Waals surface area contributed by atoms with Crippen molar-refractivity contribution in [2.75, 3.05) is 6.54 Å². The SMILES string of the molecule is Cc1nc(C)n(Cc2ccc(CNCC(C)C)o2)n1. The average molecular weight is 262 g/mol. The lowest BCUT2D eigenvalue weighted by Crippen LogP contribution is -2.18. The van der Waals surface area contributed by atoms with E-state index in [-0.39, 0.29) is 0 Å². The summed E-state index contributed by atoms with van der Waals surface area (Å²) in [5.41, 5.74) is 0. The quantitative estimate of drug-likeness (QED) is 0.867. The zero-order chi connectivity index (χ0) is 13.8. The van der Waals surface area contributed by atoms with Gasteiger partial charge in [-0.1, -0.05) is 13.8 Å². The first-order valence-electron chi connectivity index (χ1n) is 6.71. The molecule has 0 aliphatic rings. The van der Waals surface area contributed by atoms with E-state index in [1.807, 2.05) is 30.7 Å². The molecule has 5 nitrogen and oxygen atoms in total. The maximum atomic E-state index is 5.78. The molecule has 104 valence electrons. The van der Waals surface area contributed by atoms with E-state index in [1.165, 1.54) is 0 Å². The molecule has 19 heavy (non-hydrogen) atoms. The van der Waals surface area contributed by atoms with Crippen LogP contribution in [-0.2, 0) is 13.1 Å². The molecule has 0 radical (unpaired) electrons. The van der Waals surface area contributed by atoms with Gasteiger partial charge in [0.15, 0.2) is 0 Å². The molecular weight excluding hydrogens is 240 g/mol. The predicted octanol–water partition coefficient (Wildman–Crippen LogP) is 2.28. The molecule has 0 unspecified atom stereocenters. The fourth-order valence-corrected chi connectivity index (χ4v) is 1.95. The Morgan fingerprint density at radius 2 is 2.00 bits per heavy atom. The van der Waals surface area contributed by atoms with Crippen molar-refractivity contribution >= 4 is 0 Å². The highest BCUT2D eigenvalue weighted by Gasteiger charge is 2.07. The summed E-state index contributed by atoms with van der Waals surface area (Å²) in [6, 6.07) is 4.02. The zero-order valence-corrected chi connectivity index (χ0v) is 12.1. The van der Waals surface area contributed by atoms with Crippen molar-refractivity contribution < 1.29 is 4.42 Å². The van der Waals surface area contributed by atoms with Gasteiger partial charge in [0.05, 0.1) is 6.54 Å². The summed E-state index contributed by atoms with van der Waals surface area (Å²) in [5, 5.41) is 7.70. The number of hydrogen-bond donors (Lipinski definition) is 1. The number of nitrogens with zero attached hydrogens (tertiary/aromatic N) is 3. The molecule has 0 amide bonds. The van der Waals surface area contributed by atoms with Gasteiger partial charge in [0.25, 0.3) is 0 Å². The van der Waals surface area contributed by atoms with Gasteiger partial charge in [-0.25, -0.2) is 9.67 Å². The first kappa shape index (κ1) is 13.8. The molecule has 0 saturated heterocycles. The standard InChI is InChI=1S/C14H22N4O/c1-10(2)7-15-8-13-5-6-14(19-13)9-18-12(4)16-11(3)17-18/h5-6,10,15H,7-9H2,1-4H3. The van der Waals surface area contributed by atoms with Gasteiger partial charge >= 0.3 is 0 Å². The number of nitrogens with one attached hydrogen (secondary N) is 1. The van der Waals surface area contributed by atoms with Crippen molar-refractivity contribution in [2.45, 2.75) is 40.8 Å². The number of rotatable bonds is 6. The highest BCUT2D eigenvalue weighted by Crippen LogP contribution is 2.10. The largest absolute Gasteiger partial charge is 0.463 e. The van der Waals surface area contributed by atoms with E-state index in [0.29, 0.717) is 12.5 Å². The third-order valence-corrected chi connectivity index (χ3v) is 2.84. The van der Waals surface area contributed by atoms with E-state index in [0.717, 1.165) is 36.3 Å². The van der Waals surface area contributed by atoms with E-state index in [4.69, 9.17) is 4.42 Å². The molecule has 0 aliphatic carbocycles. The predicted molar refractivity (Wildman–Crippen MR) is 73.9 cm³/mol. The Labute approximate surface area is 114 Å². The Morgan fingerprint density at radius 3 is 2.63 bits per heavy atom. The summed E-state index contributed by atoms with van der Waals surface area (Å²) in [4.78, 5) is 4.28. The van der Waals surface area contributed by atoms with Gasteiger partial charge in [0.1, 0.15) is 29.7 Å². The third-order valence-electron chi connectivity index (χ3n) is 2.84. The lowest BCUT2D eigenvalue weighted by Gasteiger charge is -2.05. The molecule has 0 spiro atoms. The summed E-state index contributed by atoms with van der Waals surface area (Å²) >= 11 is 0. The van der Waals surface area contributed by atoms with Crippen molar-refractivity contribution in [1.82, 2.24) is 20.1 Å². The normalized spacial score (nSPS) is 11.4. The maximum absolute atomic E-state index is 5.78. The lowest BCUT2D eigenvalue weighted by atomic mass is 10.2. The van der Waals surface area contributed by atoms with E-state index in [1.54, 1.807) is 0 Å². The molecule has 0 bridgehead atoms. The molecule has 0 aliphatic heterocycles. The topological polar surface area (TPSA) is 55.9 Å². The van der Waals surface area contributed by atoms with Crippen LogP contribution in [0.3, 0.4) is 0 Å². The first-order chi connectivity index (χ1) is 9.04. The highest BCUT2D eigenvalue weighted by molar-refractivity contribution is 5.08. The van der Waals surface area contributed by atoms with Crippen LogP contribution in [-0.4, -0.2) is 21.3 Å². The smallest absolute Gasteiger partial charge is 0.147 e. The second kappa shape index (κ2) is 6.02. The molecule has 2 rings (SSSR count). The maximum Gasteiger partial charge on any atom is 0.147 e. The Kier molecular flexibility index (Phi) is 4.37. The zero-order valence-electron chi connectivity index (χ0n) is 12.1. The van der Waals surface area contributed by atoms with Crippen molar-refractivity contribution in [3.05, 3.63) is 35.3 Å². The molecule has 2 aromatic heterocycles. The Hall–Kier alpha value is -1.62. The Morgan fingerprint density at radius 1 is 1.26 bits per heavy atom. The molecule has 0 fully saturated rings. The van der Waals surface area contributed by atoms with Crippen molar-refractivity contribution in [3.8, 4) is 0 Å². The second-order valence-corrected chi connectivity index (χ2v) is 5.26. The van der Waals surface area contributed by atoms with E-state index < -0.39 is 0 Å². The molecule has 0 saturated carbocycles.